The van der Waals surface area contributed by atoms with E-state index < -0.39 is 8.07 Å². The molecule has 2 rings (SSSR count). The maximum atomic E-state index is 9.67. The number of fused-ring (bicyclic) bond motifs is 1. The SMILES string of the molecule is CC(C)[Si](C#Cc1cccc2cc(O)ccc12)(C(C)C)C(C)C.Cl. The molecule has 0 saturated heterocycles. The molecule has 0 aromatic heterocycles. The number of hydrogen-bond acceptors (Lipinski definition) is 1. The Labute approximate surface area is 153 Å². The first kappa shape index (κ1) is 20.6. The van der Waals surface area contributed by atoms with Crippen molar-refractivity contribution in [3.05, 3.63) is 42.0 Å². The predicted molar refractivity (Wildman–Crippen MR) is 111 cm³/mol. The molecule has 0 aliphatic heterocycles. The third-order valence-corrected chi connectivity index (χ3v) is 11.4. The van der Waals surface area contributed by atoms with Crippen LogP contribution >= 0.6 is 12.4 Å². The van der Waals surface area contributed by atoms with Crippen LogP contribution in [0.1, 0.15) is 47.1 Å². The summed E-state index contributed by atoms with van der Waals surface area (Å²) >= 11 is 0. The van der Waals surface area contributed by atoms with Gasteiger partial charge in [-0.25, -0.2) is 0 Å². The van der Waals surface area contributed by atoms with Crippen molar-refractivity contribution in [2.24, 2.45) is 0 Å². The smallest absolute Gasteiger partial charge is 0.146 e. The molecule has 1 N–H and O–H groups in total. The number of phenolic OH excluding ortho intramolecular Hbond substituents is 1. The zero-order valence-corrected chi connectivity index (χ0v) is 17.4. The Hall–Kier alpha value is -1.43. The molecule has 0 heterocycles. The average Bonchev–Trinajstić information content (AvgIpc) is 2.46. The summed E-state index contributed by atoms with van der Waals surface area (Å²) < 4.78 is 0. The molecule has 3 heteroatoms. The average molecular weight is 361 g/mol. The van der Waals surface area contributed by atoms with Gasteiger partial charge in [0, 0.05) is 5.56 Å². The molecule has 24 heavy (non-hydrogen) atoms. The maximum Gasteiger partial charge on any atom is 0.146 e. The summed E-state index contributed by atoms with van der Waals surface area (Å²) in [4.78, 5) is 0. The van der Waals surface area contributed by atoms with E-state index in [0.717, 1.165) is 16.3 Å². The number of rotatable bonds is 3. The molecule has 2 aromatic rings. The lowest BCUT2D eigenvalue weighted by molar-refractivity contribution is 0.476. The van der Waals surface area contributed by atoms with Gasteiger partial charge in [-0.15, -0.1) is 18.0 Å². The predicted octanol–water partition coefficient (Wildman–Crippen LogP) is 6.54. The molecule has 1 nitrogen and oxygen atoms in total. The molecular formula is C21H29ClOSi. The summed E-state index contributed by atoms with van der Waals surface area (Å²) in [6.45, 7) is 14.0. The molecule has 0 spiro atoms. The Kier molecular flexibility index (Phi) is 6.95. The summed E-state index contributed by atoms with van der Waals surface area (Å²) in [6.07, 6.45) is 0. The molecule has 0 aliphatic rings. The summed E-state index contributed by atoms with van der Waals surface area (Å²) in [5.74, 6) is 3.83. The first-order valence-corrected chi connectivity index (χ1v) is 10.8. The Morgan fingerprint density at radius 1 is 0.875 bits per heavy atom. The van der Waals surface area contributed by atoms with Crippen LogP contribution in [0.3, 0.4) is 0 Å². The summed E-state index contributed by atoms with van der Waals surface area (Å²) in [7, 11) is -1.72. The molecule has 0 aliphatic carbocycles. The number of hydrogen-bond donors (Lipinski definition) is 1. The second-order valence-corrected chi connectivity index (χ2v) is 12.9. The van der Waals surface area contributed by atoms with Crippen LogP contribution in [0.15, 0.2) is 36.4 Å². The first-order chi connectivity index (χ1) is 10.8. The molecule has 2 aromatic carbocycles. The van der Waals surface area contributed by atoms with Crippen LogP contribution in [0.25, 0.3) is 10.8 Å². The van der Waals surface area contributed by atoms with Gasteiger partial charge in [0.25, 0.3) is 0 Å². The van der Waals surface area contributed by atoms with E-state index >= 15 is 0 Å². The number of halogens is 1. The quantitative estimate of drug-likeness (QED) is 0.486. The van der Waals surface area contributed by atoms with Crippen LogP contribution in [0.4, 0.5) is 0 Å². The third-order valence-electron chi connectivity index (χ3n) is 5.14. The molecular weight excluding hydrogens is 332 g/mol. The summed E-state index contributed by atoms with van der Waals surface area (Å²) in [5.41, 5.74) is 6.75. The lowest BCUT2D eigenvalue weighted by Crippen LogP contribution is -2.43. The van der Waals surface area contributed by atoms with E-state index in [1.54, 1.807) is 12.1 Å². The minimum absolute atomic E-state index is 0. The maximum absolute atomic E-state index is 9.67. The van der Waals surface area contributed by atoms with Gasteiger partial charge < -0.3 is 5.11 Å². The van der Waals surface area contributed by atoms with Gasteiger partial charge in [0.1, 0.15) is 13.8 Å². The fourth-order valence-corrected chi connectivity index (χ4v) is 9.21. The van der Waals surface area contributed by atoms with Gasteiger partial charge in [-0.2, -0.15) is 0 Å². The van der Waals surface area contributed by atoms with Gasteiger partial charge in [-0.05, 0) is 51.7 Å². The van der Waals surface area contributed by atoms with Crippen LogP contribution in [0.2, 0.25) is 16.6 Å². The van der Waals surface area contributed by atoms with Crippen LogP contribution in [0, 0.1) is 11.5 Å². The van der Waals surface area contributed by atoms with Crippen molar-refractivity contribution >= 4 is 31.3 Å². The summed E-state index contributed by atoms with van der Waals surface area (Å²) in [6, 6.07) is 11.7. The van der Waals surface area contributed by atoms with Gasteiger partial charge in [0.15, 0.2) is 0 Å². The highest BCUT2D eigenvalue weighted by atomic mass is 35.5. The van der Waals surface area contributed by atoms with E-state index in [0.29, 0.717) is 22.4 Å². The van der Waals surface area contributed by atoms with E-state index in [1.807, 2.05) is 18.2 Å². The molecule has 0 amide bonds. The van der Waals surface area contributed by atoms with E-state index in [9.17, 15) is 5.11 Å². The number of benzene rings is 2. The topological polar surface area (TPSA) is 20.2 Å². The summed E-state index contributed by atoms with van der Waals surface area (Å²) in [5, 5.41) is 11.8. The third kappa shape index (κ3) is 3.79. The molecule has 0 radical (unpaired) electrons. The van der Waals surface area contributed by atoms with Crippen molar-refractivity contribution < 1.29 is 5.11 Å². The first-order valence-electron chi connectivity index (χ1n) is 8.54. The Bertz CT molecular complexity index is 731. The Morgan fingerprint density at radius 3 is 2.00 bits per heavy atom. The van der Waals surface area contributed by atoms with Crippen molar-refractivity contribution in [3.63, 3.8) is 0 Å². The van der Waals surface area contributed by atoms with Crippen LogP contribution in [-0.2, 0) is 0 Å². The van der Waals surface area contributed by atoms with Gasteiger partial charge in [0.2, 0.25) is 0 Å². The molecule has 0 saturated carbocycles. The molecule has 0 unspecified atom stereocenters. The highest BCUT2D eigenvalue weighted by Gasteiger charge is 2.41. The Balaban J connectivity index is 0.00000288. The normalized spacial score (nSPS) is 11.5. The Morgan fingerprint density at radius 2 is 1.46 bits per heavy atom. The van der Waals surface area contributed by atoms with Crippen molar-refractivity contribution in [2.45, 2.75) is 58.2 Å². The van der Waals surface area contributed by atoms with Crippen LogP contribution < -0.4 is 0 Å². The van der Waals surface area contributed by atoms with Crippen LogP contribution in [-0.4, -0.2) is 13.2 Å². The molecule has 0 fully saturated rings. The monoisotopic (exact) mass is 360 g/mol. The van der Waals surface area contributed by atoms with Crippen molar-refractivity contribution in [1.29, 1.82) is 0 Å². The second-order valence-electron chi connectivity index (χ2n) is 7.36. The van der Waals surface area contributed by atoms with Crippen molar-refractivity contribution in [1.82, 2.24) is 0 Å². The van der Waals surface area contributed by atoms with E-state index in [2.05, 4.69) is 59.1 Å². The van der Waals surface area contributed by atoms with Crippen LogP contribution in [0.5, 0.6) is 5.75 Å². The highest BCUT2D eigenvalue weighted by molar-refractivity contribution is 6.90. The largest absolute Gasteiger partial charge is 0.508 e. The minimum Gasteiger partial charge on any atom is -0.508 e. The lowest BCUT2D eigenvalue weighted by atomic mass is 10.1. The second kappa shape index (κ2) is 8.10. The van der Waals surface area contributed by atoms with Gasteiger partial charge >= 0.3 is 0 Å². The molecule has 0 bridgehead atoms. The zero-order valence-electron chi connectivity index (χ0n) is 15.6. The lowest BCUT2D eigenvalue weighted by Gasteiger charge is -2.38. The fourth-order valence-electron chi connectivity index (χ4n) is 3.99. The number of phenols is 1. The number of aromatic hydroxyl groups is 1. The van der Waals surface area contributed by atoms with Gasteiger partial charge in [0.05, 0.1) is 0 Å². The van der Waals surface area contributed by atoms with Crippen molar-refractivity contribution in [2.75, 3.05) is 0 Å². The fraction of sp³-hybridized carbons (Fsp3) is 0.429. The highest BCUT2D eigenvalue weighted by Crippen LogP contribution is 2.40. The van der Waals surface area contributed by atoms with Crippen molar-refractivity contribution in [3.8, 4) is 17.2 Å². The van der Waals surface area contributed by atoms with E-state index in [-0.39, 0.29) is 12.4 Å². The van der Waals surface area contributed by atoms with E-state index in [4.69, 9.17) is 0 Å². The minimum atomic E-state index is -1.72. The van der Waals surface area contributed by atoms with E-state index in [1.165, 1.54) is 0 Å². The van der Waals surface area contributed by atoms with Gasteiger partial charge in [-0.3, -0.25) is 0 Å². The molecule has 130 valence electrons. The zero-order chi connectivity index (χ0) is 17.2. The standard InChI is InChI=1S/C21H28OSi.ClH/c1-15(2)23(16(3)4,17(5)6)13-12-18-8-7-9-19-14-20(22)10-11-21(18)19;/h7-11,14-17,22H,1-6H3;1H. The molecule has 0 atom stereocenters. The van der Waals surface area contributed by atoms with Gasteiger partial charge in [-0.1, -0.05) is 59.6 Å².